The molecule has 0 saturated carbocycles. The normalized spacial score (nSPS) is 25.5. The van der Waals surface area contributed by atoms with Crippen LogP contribution in [0.1, 0.15) is 11.7 Å². The second kappa shape index (κ2) is 8.96. The van der Waals surface area contributed by atoms with Crippen molar-refractivity contribution in [3.63, 3.8) is 0 Å². The van der Waals surface area contributed by atoms with E-state index >= 15 is 0 Å². The molecule has 4 rings (SSSR count). The molecule has 1 aromatic heterocycles. The number of fused-ring (bicyclic) bond motifs is 1. The average molecular weight is 496 g/mol. The highest BCUT2D eigenvalue weighted by Gasteiger charge is 2.46. The summed E-state index contributed by atoms with van der Waals surface area (Å²) >= 11 is 0. The molecule has 0 bridgehead atoms. The van der Waals surface area contributed by atoms with E-state index in [9.17, 15) is 38.7 Å². The first-order valence-electron chi connectivity index (χ1n) is 9.87. The highest BCUT2D eigenvalue weighted by atomic mass is 32.3. The number of ether oxygens (including phenoxy) is 1. The van der Waals surface area contributed by atoms with Crippen LogP contribution in [0.3, 0.4) is 0 Å². The Hall–Kier alpha value is -3.04. The van der Waals surface area contributed by atoms with E-state index in [1.54, 1.807) is 30.3 Å². The minimum absolute atomic E-state index is 0.166. The van der Waals surface area contributed by atoms with Crippen molar-refractivity contribution in [1.29, 1.82) is 0 Å². The maximum absolute atomic E-state index is 12.8. The van der Waals surface area contributed by atoms with Gasteiger partial charge in [0.15, 0.2) is 5.43 Å². The molecule has 1 fully saturated rings. The summed E-state index contributed by atoms with van der Waals surface area (Å²) in [6.45, 7) is -0.960. The molecule has 2 heterocycles. The second-order valence-corrected chi connectivity index (χ2v) is 8.74. The first kappa shape index (κ1) is 24.1. The molecule has 13 heteroatoms. The average Bonchev–Trinajstić information content (AvgIpc) is 2.77. The van der Waals surface area contributed by atoms with Crippen molar-refractivity contribution in [2.75, 3.05) is 6.61 Å². The summed E-state index contributed by atoms with van der Waals surface area (Å²) in [5.74, 6) is -1.33. The molecule has 1 saturated heterocycles. The van der Waals surface area contributed by atoms with Gasteiger partial charge in [0.05, 0.1) is 12.2 Å². The summed E-state index contributed by atoms with van der Waals surface area (Å²) in [6.07, 6.45) is -9.04. The Morgan fingerprint density at radius 2 is 1.65 bits per heavy atom. The summed E-state index contributed by atoms with van der Waals surface area (Å²) < 4.78 is 45.7. The molecular formula is C21H20O12S. The number of phenols is 2. The van der Waals surface area contributed by atoms with Gasteiger partial charge < -0.3 is 34.7 Å². The quantitative estimate of drug-likeness (QED) is 0.262. The van der Waals surface area contributed by atoms with Crippen molar-refractivity contribution < 1.29 is 51.8 Å². The van der Waals surface area contributed by atoms with Gasteiger partial charge in [-0.3, -0.25) is 9.35 Å². The summed E-state index contributed by atoms with van der Waals surface area (Å²) in [4.78, 5) is 12.8. The van der Waals surface area contributed by atoms with Crippen LogP contribution in [0.15, 0.2) is 51.7 Å². The van der Waals surface area contributed by atoms with E-state index in [-0.39, 0.29) is 16.7 Å². The molecule has 3 aromatic rings. The lowest BCUT2D eigenvalue weighted by molar-refractivity contribution is -0.230. The van der Waals surface area contributed by atoms with E-state index in [1.807, 2.05) is 0 Å². The van der Waals surface area contributed by atoms with E-state index < -0.39 is 70.0 Å². The number of hydrogen-bond acceptors (Lipinski definition) is 11. The van der Waals surface area contributed by atoms with Gasteiger partial charge in [0.1, 0.15) is 58.7 Å². The van der Waals surface area contributed by atoms with Crippen molar-refractivity contribution in [2.45, 2.75) is 30.5 Å². The number of aromatic hydroxyl groups is 2. The van der Waals surface area contributed by atoms with Gasteiger partial charge in [-0.05, 0) is 0 Å². The first-order valence-corrected chi connectivity index (χ1v) is 11.2. The zero-order chi connectivity index (χ0) is 24.8. The zero-order valence-corrected chi connectivity index (χ0v) is 18.0. The first-order chi connectivity index (χ1) is 16.0. The Labute approximate surface area is 191 Å². The van der Waals surface area contributed by atoms with Gasteiger partial charge in [-0.1, -0.05) is 30.3 Å². The lowest BCUT2D eigenvalue weighted by Crippen LogP contribution is -2.55. The summed E-state index contributed by atoms with van der Waals surface area (Å²) in [6, 6.07) is 10.7. The van der Waals surface area contributed by atoms with E-state index in [2.05, 4.69) is 4.18 Å². The molecule has 34 heavy (non-hydrogen) atoms. The zero-order valence-electron chi connectivity index (χ0n) is 17.2. The lowest BCUT2D eigenvalue weighted by atomic mass is 9.89. The van der Waals surface area contributed by atoms with Crippen molar-refractivity contribution >= 4 is 21.4 Å². The third-order valence-corrected chi connectivity index (χ3v) is 5.88. The van der Waals surface area contributed by atoms with Crippen LogP contribution in [-0.4, -0.2) is 69.5 Å². The second-order valence-electron chi connectivity index (χ2n) is 7.65. The fourth-order valence-electron chi connectivity index (χ4n) is 3.81. The van der Waals surface area contributed by atoms with Gasteiger partial charge in [0.2, 0.25) is 0 Å². The Bertz CT molecular complexity index is 1370. The molecule has 2 aromatic carbocycles. The molecule has 6 N–H and O–H groups in total. The highest BCUT2D eigenvalue weighted by Crippen LogP contribution is 2.44. The van der Waals surface area contributed by atoms with Gasteiger partial charge >= 0.3 is 10.4 Å². The van der Waals surface area contributed by atoms with Gasteiger partial charge in [0.25, 0.3) is 0 Å². The molecule has 0 aliphatic carbocycles. The third kappa shape index (κ3) is 4.50. The molecule has 0 spiro atoms. The van der Waals surface area contributed by atoms with Crippen molar-refractivity contribution in [2.24, 2.45) is 0 Å². The maximum atomic E-state index is 12.8. The summed E-state index contributed by atoms with van der Waals surface area (Å²) in [5, 5.41) is 51.8. The monoisotopic (exact) mass is 496 g/mol. The van der Waals surface area contributed by atoms with Gasteiger partial charge in [-0.25, -0.2) is 4.18 Å². The predicted octanol–water partition coefficient (Wildman–Crippen LogP) is 0.213. The molecule has 5 unspecified atom stereocenters. The van der Waals surface area contributed by atoms with Crippen LogP contribution in [0.25, 0.3) is 22.3 Å². The van der Waals surface area contributed by atoms with Gasteiger partial charge in [0, 0.05) is 17.7 Å². The third-order valence-electron chi connectivity index (χ3n) is 5.45. The molecule has 1 aliphatic heterocycles. The van der Waals surface area contributed by atoms with E-state index in [1.165, 1.54) is 0 Å². The van der Waals surface area contributed by atoms with Crippen LogP contribution in [0.2, 0.25) is 0 Å². The topological polar surface area (TPSA) is 204 Å². The van der Waals surface area contributed by atoms with E-state index in [0.717, 1.165) is 12.1 Å². The number of aliphatic hydroxyl groups is 3. The highest BCUT2D eigenvalue weighted by molar-refractivity contribution is 7.80. The van der Waals surface area contributed by atoms with Crippen LogP contribution in [-0.2, 0) is 19.3 Å². The van der Waals surface area contributed by atoms with Crippen LogP contribution in [0.5, 0.6) is 11.5 Å². The van der Waals surface area contributed by atoms with Crippen LogP contribution in [0, 0.1) is 0 Å². The standard InChI is InChI=1S/C21H20O12S/c22-10-6-12(9-4-2-1-3-5-9)32-13-7-11(23)16(18(25)15(10)13)21-20(27)19(26)17(24)14(33-21)8-31-34(28,29)30/h1-7,14,17,19-21,23-27H,8H2,(H,28,29,30). The smallest absolute Gasteiger partial charge is 0.397 e. The Morgan fingerprint density at radius 1 is 0.971 bits per heavy atom. The van der Waals surface area contributed by atoms with Crippen LogP contribution >= 0.6 is 0 Å². The number of phenolic OH excluding ortho intramolecular Hbond substituents is 2. The molecule has 5 atom stereocenters. The van der Waals surface area contributed by atoms with Crippen molar-refractivity contribution in [3.8, 4) is 22.8 Å². The number of hydrogen-bond donors (Lipinski definition) is 6. The largest absolute Gasteiger partial charge is 0.507 e. The minimum Gasteiger partial charge on any atom is -0.507 e. The fraction of sp³-hybridized carbons (Fsp3) is 0.286. The molecule has 0 amide bonds. The Kier molecular flexibility index (Phi) is 6.35. The SMILES string of the molecule is O=c1cc(-c2ccccc2)oc2cc(O)c(C3OC(COS(=O)(=O)O)C(O)C(O)C3O)c(O)c12. The van der Waals surface area contributed by atoms with Crippen molar-refractivity contribution in [3.05, 3.63) is 58.3 Å². The van der Waals surface area contributed by atoms with Gasteiger partial charge in [-0.2, -0.15) is 8.42 Å². The number of aliphatic hydroxyl groups excluding tert-OH is 3. The predicted molar refractivity (Wildman–Crippen MR) is 114 cm³/mol. The van der Waals surface area contributed by atoms with Crippen molar-refractivity contribution in [1.82, 2.24) is 0 Å². The maximum Gasteiger partial charge on any atom is 0.397 e. The molecular weight excluding hydrogens is 476 g/mol. The molecule has 182 valence electrons. The number of benzene rings is 2. The van der Waals surface area contributed by atoms with E-state index in [4.69, 9.17) is 13.7 Å². The van der Waals surface area contributed by atoms with Crippen LogP contribution in [0.4, 0.5) is 0 Å². The fourth-order valence-corrected chi connectivity index (χ4v) is 4.12. The minimum atomic E-state index is -4.93. The van der Waals surface area contributed by atoms with Crippen LogP contribution < -0.4 is 5.43 Å². The summed E-state index contributed by atoms with van der Waals surface area (Å²) in [7, 11) is -4.93. The summed E-state index contributed by atoms with van der Waals surface area (Å²) in [5.41, 5.74) is -0.810. The molecule has 12 nitrogen and oxygen atoms in total. The molecule has 1 aliphatic rings. The number of rotatable bonds is 5. The lowest BCUT2D eigenvalue weighted by Gasteiger charge is -2.40. The Morgan fingerprint density at radius 3 is 2.29 bits per heavy atom. The van der Waals surface area contributed by atoms with Gasteiger partial charge in [-0.15, -0.1) is 0 Å². The van der Waals surface area contributed by atoms with E-state index in [0.29, 0.717) is 5.56 Å². The Balaban J connectivity index is 1.78. The molecule has 0 radical (unpaired) electrons.